The van der Waals surface area contributed by atoms with E-state index in [0.717, 1.165) is 10.6 Å². The van der Waals surface area contributed by atoms with Gasteiger partial charge in [0.1, 0.15) is 18.3 Å². The first-order valence-electron chi connectivity index (χ1n) is 11.1. The van der Waals surface area contributed by atoms with Gasteiger partial charge in [-0.25, -0.2) is 8.42 Å². The molecule has 12 heteroatoms. The largest absolute Gasteiger partial charge is 0.495 e. The molecule has 0 spiro atoms. The summed E-state index contributed by atoms with van der Waals surface area (Å²) in [6.07, 6.45) is 1.29. The van der Waals surface area contributed by atoms with E-state index in [1.54, 1.807) is 25.1 Å². The van der Waals surface area contributed by atoms with Gasteiger partial charge in [-0.15, -0.1) is 0 Å². The molecular weight excluding hydrogens is 549 g/mol. The smallest absolute Gasteiger partial charge is 0.244 e. The summed E-state index contributed by atoms with van der Waals surface area (Å²) in [5, 5.41) is 3.66. The highest BCUT2D eigenvalue weighted by Crippen LogP contribution is 2.30. The molecule has 0 heterocycles. The number of nitrogens with zero attached hydrogens (tertiary/aromatic N) is 2. The van der Waals surface area contributed by atoms with Crippen molar-refractivity contribution in [1.29, 1.82) is 0 Å². The summed E-state index contributed by atoms with van der Waals surface area (Å²) in [5.41, 5.74) is 0.817. The van der Waals surface area contributed by atoms with Gasteiger partial charge < -0.3 is 15.0 Å². The summed E-state index contributed by atoms with van der Waals surface area (Å²) in [5.74, 6) is -0.568. The minimum Gasteiger partial charge on any atom is -0.495 e. The maximum atomic E-state index is 13.7. The van der Waals surface area contributed by atoms with Gasteiger partial charge in [-0.05, 0) is 56.2 Å². The van der Waals surface area contributed by atoms with Crippen LogP contribution < -0.4 is 14.4 Å². The zero-order valence-corrected chi connectivity index (χ0v) is 23.8. The molecule has 8 nitrogen and oxygen atoms in total. The number of ether oxygens (including phenoxy) is 1. The Bertz CT molecular complexity index is 1210. The maximum absolute atomic E-state index is 13.7. The molecule has 0 aliphatic rings. The molecule has 0 aliphatic carbocycles. The average Bonchev–Trinajstić information content (AvgIpc) is 2.78. The molecule has 0 saturated heterocycles. The molecule has 2 aromatic rings. The van der Waals surface area contributed by atoms with Gasteiger partial charge in [0.25, 0.3) is 0 Å². The van der Waals surface area contributed by atoms with E-state index in [1.165, 1.54) is 30.2 Å². The number of rotatable bonds is 11. The van der Waals surface area contributed by atoms with Gasteiger partial charge in [0.05, 0.1) is 34.1 Å². The van der Waals surface area contributed by atoms with Crippen molar-refractivity contribution in [3.63, 3.8) is 0 Å². The maximum Gasteiger partial charge on any atom is 0.244 e. The minimum atomic E-state index is -3.89. The van der Waals surface area contributed by atoms with Crippen molar-refractivity contribution < 1.29 is 22.7 Å². The number of hydrogen-bond donors (Lipinski definition) is 1. The van der Waals surface area contributed by atoms with Crippen LogP contribution in [0.15, 0.2) is 36.4 Å². The Hall–Kier alpha value is -2.20. The first-order chi connectivity index (χ1) is 16.8. The fourth-order valence-corrected chi connectivity index (χ4v) is 4.97. The zero-order chi connectivity index (χ0) is 27.2. The standard InChI is InChI=1S/C24H30Cl3N3O5S/c1-6-21(24(32)28-15(2)3)29(13-16-7-9-18(25)19(26)11-16)23(31)14-30(36(5,33)34)17-8-10-22(35-4)20(27)12-17/h7-12,15,21H,6,13-14H2,1-5H3,(H,28,32)/t21-/m1/s1. The van der Waals surface area contributed by atoms with Crippen molar-refractivity contribution in [3.05, 3.63) is 57.0 Å². The van der Waals surface area contributed by atoms with E-state index in [4.69, 9.17) is 39.5 Å². The third-order valence-corrected chi connectivity index (χ3v) is 7.43. The average molecular weight is 579 g/mol. The molecule has 0 unspecified atom stereocenters. The molecular formula is C24H30Cl3N3O5S. The fourth-order valence-electron chi connectivity index (χ4n) is 3.56. The number of anilines is 1. The van der Waals surface area contributed by atoms with Crippen LogP contribution in [0.3, 0.4) is 0 Å². The van der Waals surface area contributed by atoms with Gasteiger partial charge in [0, 0.05) is 12.6 Å². The Balaban J connectivity index is 2.49. The van der Waals surface area contributed by atoms with Crippen molar-refractivity contribution in [1.82, 2.24) is 10.2 Å². The molecule has 0 fully saturated rings. The first kappa shape index (κ1) is 30.0. The second-order valence-electron chi connectivity index (χ2n) is 8.45. The molecule has 1 N–H and O–H groups in total. The molecule has 2 rings (SSSR count). The lowest BCUT2D eigenvalue weighted by molar-refractivity contribution is -0.140. The lowest BCUT2D eigenvalue weighted by atomic mass is 10.1. The Morgan fingerprint density at radius 1 is 1.03 bits per heavy atom. The van der Waals surface area contributed by atoms with Crippen LogP contribution in [0.4, 0.5) is 5.69 Å². The number of carbonyl (C=O) groups excluding carboxylic acids is 2. The highest BCUT2D eigenvalue weighted by molar-refractivity contribution is 7.92. The molecule has 0 aromatic heterocycles. The number of benzene rings is 2. The summed E-state index contributed by atoms with van der Waals surface area (Å²) in [4.78, 5) is 28.0. The zero-order valence-electron chi connectivity index (χ0n) is 20.7. The van der Waals surface area contributed by atoms with Crippen molar-refractivity contribution in [2.24, 2.45) is 0 Å². The Labute approximate surface area is 227 Å². The summed E-state index contributed by atoms with van der Waals surface area (Å²) in [7, 11) is -2.46. The van der Waals surface area contributed by atoms with Crippen LogP contribution in [0.1, 0.15) is 32.8 Å². The van der Waals surface area contributed by atoms with Crippen molar-refractivity contribution >= 4 is 62.3 Å². The van der Waals surface area contributed by atoms with Crippen LogP contribution in [0, 0.1) is 0 Å². The van der Waals surface area contributed by atoms with Gasteiger partial charge in [-0.1, -0.05) is 47.8 Å². The van der Waals surface area contributed by atoms with Crippen LogP contribution >= 0.6 is 34.8 Å². The number of nitrogens with one attached hydrogen (secondary N) is 1. The van der Waals surface area contributed by atoms with Crippen LogP contribution in [0.5, 0.6) is 5.75 Å². The van der Waals surface area contributed by atoms with Gasteiger partial charge in [0.2, 0.25) is 21.8 Å². The fraction of sp³-hybridized carbons (Fsp3) is 0.417. The van der Waals surface area contributed by atoms with E-state index in [0.29, 0.717) is 27.8 Å². The van der Waals surface area contributed by atoms with E-state index in [-0.39, 0.29) is 29.2 Å². The minimum absolute atomic E-state index is 0.0146. The Morgan fingerprint density at radius 3 is 2.19 bits per heavy atom. The van der Waals surface area contributed by atoms with E-state index < -0.39 is 28.5 Å². The quantitative estimate of drug-likeness (QED) is 0.415. The summed E-state index contributed by atoms with van der Waals surface area (Å²) in [6, 6.07) is 8.30. The predicted molar refractivity (Wildman–Crippen MR) is 145 cm³/mol. The van der Waals surface area contributed by atoms with Crippen molar-refractivity contribution in [2.75, 3.05) is 24.2 Å². The molecule has 0 saturated carbocycles. The molecule has 36 heavy (non-hydrogen) atoms. The van der Waals surface area contributed by atoms with Crippen LogP contribution in [-0.2, 0) is 26.2 Å². The third kappa shape index (κ3) is 7.90. The highest BCUT2D eigenvalue weighted by Gasteiger charge is 2.32. The summed E-state index contributed by atoms with van der Waals surface area (Å²) >= 11 is 18.4. The molecule has 0 aliphatic heterocycles. The molecule has 198 valence electrons. The lowest BCUT2D eigenvalue weighted by Gasteiger charge is -2.33. The number of halogens is 3. The van der Waals surface area contributed by atoms with Gasteiger partial charge in [-0.3, -0.25) is 13.9 Å². The molecule has 0 bridgehead atoms. The number of amides is 2. The Kier molecular flexibility index (Phi) is 10.7. The van der Waals surface area contributed by atoms with E-state index in [1.807, 2.05) is 13.8 Å². The van der Waals surface area contributed by atoms with Gasteiger partial charge in [-0.2, -0.15) is 0 Å². The Morgan fingerprint density at radius 2 is 1.69 bits per heavy atom. The number of carbonyl (C=O) groups is 2. The first-order valence-corrected chi connectivity index (χ1v) is 14.1. The second-order valence-corrected chi connectivity index (χ2v) is 11.6. The van der Waals surface area contributed by atoms with Crippen LogP contribution in [0.25, 0.3) is 0 Å². The highest BCUT2D eigenvalue weighted by atomic mass is 35.5. The third-order valence-electron chi connectivity index (χ3n) is 5.26. The number of sulfonamides is 1. The monoisotopic (exact) mass is 577 g/mol. The van der Waals surface area contributed by atoms with E-state index in [2.05, 4.69) is 5.32 Å². The van der Waals surface area contributed by atoms with Crippen molar-refractivity contribution in [3.8, 4) is 5.75 Å². The number of methoxy groups -OCH3 is 1. The SMILES string of the molecule is CC[C@H](C(=O)NC(C)C)N(Cc1ccc(Cl)c(Cl)c1)C(=O)CN(c1ccc(OC)c(Cl)c1)S(C)(=O)=O. The number of hydrogen-bond acceptors (Lipinski definition) is 5. The summed E-state index contributed by atoms with van der Waals surface area (Å²) < 4.78 is 31.4. The topological polar surface area (TPSA) is 96.0 Å². The van der Waals surface area contributed by atoms with Gasteiger partial charge in [0.15, 0.2) is 0 Å². The molecule has 0 radical (unpaired) electrons. The van der Waals surface area contributed by atoms with E-state index >= 15 is 0 Å². The lowest BCUT2D eigenvalue weighted by Crippen LogP contribution is -2.53. The van der Waals surface area contributed by atoms with Crippen LogP contribution in [0.2, 0.25) is 15.1 Å². The van der Waals surface area contributed by atoms with Crippen molar-refractivity contribution in [2.45, 2.75) is 45.8 Å². The normalized spacial score (nSPS) is 12.2. The molecule has 2 amide bonds. The second kappa shape index (κ2) is 12.9. The van der Waals surface area contributed by atoms with Crippen LogP contribution in [-0.4, -0.2) is 57.1 Å². The van der Waals surface area contributed by atoms with Gasteiger partial charge >= 0.3 is 0 Å². The predicted octanol–water partition coefficient (Wildman–Crippen LogP) is 4.75. The molecule has 1 atom stereocenters. The molecule has 2 aromatic carbocycles. The summed E-state index contributed by atoms with van der Waals surface area (Å²) in [6.45, 7) is 4.87. The van der Waals surface area contributed by atoms with E-state index in [9.17, 15) is 18.0 Å².